The minimum atomic E-state index is -0.954. The van der Waals surface area contributed by atoms with Crippen LogP contribution >= 0.6 is 11.6 Å². The molecule has 2 aliphatic rings. The molecule has 0 bridgehead atoms. The number of ether oxygens (including phenoxy) is 2. The van der Waals surface area contributed by atoms with Gasteiger partial charge in [0.25, 0.3) is 5.91 Å². The summed E-state index contributed by atoms with van der Waals surface area (Å²) in [4.78, 5) is 34.6. The van der Waals surface area contributed by atoms with Crippen molar-refractivity contribution in [2.75, 3.05) is 23.2 Å². The summed E-state index contributed by atoms with van der Waals surface area (Å²) in [6, 6.07) is 21.2. The molecule has 7 nitrogen and oxygen atoms in total. The van der Waals surface area contributed by atoms with Crippen molar-refractivity contribution in [3.05, 3.63) is 83.4 Å². The van der Waals surface area contributed by atoms with E-state index in [4.69, 9.17) is 25.9 Å². The summed E-state index contributed by atoms with van der Waals surface area (Å²) in [5.41, 5.74) is 2.01. The van der Waals surface area contributed by atoms with Gasteiger partial charge < -0.3 is 9.47 Å². The molecular weight excluding hydrogens is 480 g/mol. The number of carbonyl (C=O) groups is 2. The predicted molar refractivity (Wildman–Crippen MR) is 137 cm³/mol. The first-order valence-corrected chi connectivity index (χ1v) is 12.4. The van der Waals surface area contributed by atoms with Crippen LogP contribution in [0.5, 0.6) is 11.5 Å². The Morgan fingerprint density at radius 1 is 0.861 bits per heavy atom. The SMILES string of the molecule is CCCOc1ccc([C@H]2[C@H]3C(=O)N(c4ccc(Cl)cc4)C(=O)[C@@H]3ON2c2ccccc2)cc1OCC. The summed E-state index contributed by atoms with van der Waals surface area (Å²) in [5.74, 6) is -0.235. The lowest BCUT2D eigenvalue weighted by molar-refractivity contribution is -0.126. The Bertz CT molecular complexity index is 1250. The second-order valence-corrected chi connectivity index (χ2v) is 9.07. The summed E-state index contributed by atoms with van der Waals surface area (Å²) in [7, 11) is 0. The highest BCUT2D eigenvalue weighted by molar-refractivity contribution is 6.31. The molecule has 2 aliphatic heterocycles. The number of hydroxylamine groups is 1. The number of hydrogen-bond acceptors (Lipinski definition) is 6. The van der Waals surface area contributed by atoms with Gasteiger partial charge in [-0.15, -0.1) is 0 Å². The highest BCUT2D eigenvalue weighted by atomic mass is 35.5. The fraction of sp³-hybridized carbons (Fsp3) is 0.286. The lowest BCUT2D eigenvalue weighted by Gasteiger charge is -2.29. The second kappa shape index (κ2) is 10.2. The van der Waals surface area contributed by atoms with Crippen LogP contribution in [0.1, 0.15) is 31.9 Å². The van der Waals surface area contributed by atoms with E-state index in [0.717, 1.165) is 17.7 Å². The summed E-state index contributed by atoms with van der Waals surface area (Å²) in [5, 5.41) is 2.19. The molecule has 36 heavy (non-hydrogen) atoms. The van der Waals surface area contributed by atoms with Gasteiger partial charge in [0, 0.05) is 5.02 Å². The molecule has 2 fully saturated rings. The van der Waals surface area contributed by atoms with E-state index in [1.54, 1.807) is 29.3 Å². The van der Waals surface area contributed by atoms with Crippen molar-refractivity contribution >= 4 is 34.8 Å². The van der Waals surface area contributed by atoms with Gasteiger partial charge in [-0.25, -0.2) is 9.96 Å². The van der Waals surface area contributed by atoms with E-state index < -0.39 is 24.0 Å². The van der Waals surface area contributed by atoms with Crippen molar-refractivity contribution in [1.82, 2.24) is 0 Å². The Hall–Kier alpha value is -3.55. The fourth-order valence-electron chi connectivity index (χ4n) is 4.71. The molecule has 8 heteroatoms. The van der Waals surface area contributed by atoms with Crippen LogP contribution in [0, 0.1) is 5.92 Å². The van der Waals surface area contributed by atoms with Gasteiger partial charge in [-0.2, -0.15) is 0 Å². The molecule has 0 N–H and O–H groups in total. The van der Waals surface area contributed by atoms with Gasteiger partial charge in [0.1, 0.15) is 5.92 Å². The zero-order valence-electron chi connectivity index (χ0n) is 20.1. The molecular formula is C28H27ClN2O5. The number of benzene rings is 3. The van der Waals surface area contributed by atoms with E-state index in [-0.39, 0.29) is 5.91 Å². The van der Waals surface area contributed by atoms with E-state index in [9.17, 15) is 9.59 Å². The molecule has 2 saturated heterocycles. The molecule has 0 aromatic heterocycles. The minimum absolute atomic E-state index is 0.319. The number of para-hydroxylation sites is 1. The largest absolute Gasteiger partial charge is 0.490 e. The molecule has 3 aromatic rings. The summed E-state index contributed by atoms with van der Waals surface area (Å²) in [6.45, 7) is 4.97. The standard InChI is InChI=1S/C28H27ClN2O5/c1-3-16-35-22-15-10-18(17-23(22)34-4-2)25-24-26(36-31(25)21-8-6-5-7-9-21)28(33)30(27(24)32)20-13-11-19(29)12-14-20/h5-15,17,24-26H,3-4,16H2,1-2H3/t24-,25+,26-/m1/s1. The summed E-state index contributed by atoms with van der Waals surface area (Å²) < 4.78 is 11.7. The number of hydrogen-bond donors (Lipinski definition) is 0. The van der Waals surface area contributed by atoms with E-state index in [1.165, 1.54) is 4.90 Å². The van der Waals surface area contributed by atoms with Crippen molar-refractivity contribution in [3.63, 3.8) is 0 Å². The number of nitrogens with zero attached hydrogens (tertiary/aromatic N) is 2. The van der Waals surface area contributed by atoms with Crippen LogP contribution in [0.25, 0.3) is 0 Å². The van der Waals surface area contributed by atoms with Crippen LogP contribution in [0.3, 0.4) is 0 Å². The first-order chi connectivity index (χ1) is 17.5. The molecule has 0 saturated carbocycles. The Morgan fingerprint density at radius 2 is 1.61 bits per heavy atom. The van der Waals surface area contributed by atoms with E-state index in [0.29, 0.717) is 35.4 Å². The lowest BCUT2D eigenvalue weighted by Crippen LogP contribution is -2.37. The number of carbonyl (C=O) groups excluding carboxylic acids is 2. The number of rotatable bonds is 8. The normalized spacial score (nSPS) is 21.1. The van der Waals surface area contributed by atoms with Gasteiger partial charge in [0.05, 0.1) is 30.6 Å². The third kappa shape index (κ3) is 4.29. The minimum Gasteiger partial charge on any atom is -0.490 e. The average Bonchev–Trinajstić information content (AvgIpc) is 3.40. The molecule has 3 atom stereocenters. The van der Waals surface area contributed by atoms with Gasteiger partial charge in [0.2, 0.25) is 5.91 Å². The Morgan fingerprint density at radius 3 is 2.31 bits per heavy atom. The molecule has 5 rings (SSSR count). The van der Waals surface area contributed by atoms with Gasteiger partial charge in [-0.05, 0) is 67.4 Å². The number of fused-ring (bicyclic) bond motifs is 1. The van der Waals surface area contributed by atoms with Crippen LogP contribution < -0.4 is 19.4 Å². The fourth-order valence-corrected chi connectivity index (χ4v) is 4.83. The van der Waals surface area contributed by atoms with Gasteiger partial charge in [-0.1, -0.05) is 42.8 Å². The van der Waals surface area contributed by atoms with Crippen LogP contribution in [0.15, 0.2) is 72.8 Å². The third-order valence-corrected chi connectivity index (χ3v) is 6.53. The van der Waals surface area contributed by atoms with Gasteiger partial charge >= 0.3 is 0 Å². The Balaban J connectivity index is 1.57. The van der Waals surface area contributed by atoms with Crippen molar-refractivity contribution in [3.8, 4) is 11.5 Å². The first-order valence-electron chi connectivity index (χ1n) is 12.1. The van der Waals surface area contributed by atoms with Crippen LogP contribution in [-0.2, 0) is 14.4 Å². The van der Waals surface area contributed by atoms with E-state index in [2.05, 4.69) is 0 Å². The summed E-state index contributed by atoms with van der Waals surface area (Å²) >= 11 is 6.02. The zero-order chi connectivity index (χ0) is 25.2. The van der Waals surface area contributed by atoms with Crippen LogP contribution in [0.4, 0.5) is 11.4 Å². The molecule has 0 spiro atoms. The number of halogens is 1. The highest BCUT2D eigenvalue weighted by Crippen LogP contribution is 2.48. The molecule has 186 valence electrons. The molecule has 0 radical (unpaired) electrons. The Labute approximate surface area is 215 Å². The Kier molecular flexibility index (Phi) is 6.85. The maximum Gasteiger partial charge on any atom is 0.266 e. The third-order valence-electron chi connectivity index (χ3n) is 6.28. The van der Waals surface area contributed by atoms with E-state index in [1.807, 2.05) is 62.4 Å². The van der Waals surface area contributed by atoms with E-state index >= 15 is 0 Å². The van der Waals surface area contributed by atoms with Crippen molar-refractivity contribution in [2.45, 2.75) is 32.4 Å². The maximum atomic E-state index is 13.8. The predicted octanol–water partition coefficient (Wildman–Crippen LogP) is 5.58. The van der Waals surface area contributed by atoms with Crippen molar-refractivity contribution in [1.29, 1.82) is 0 Å². The number of anilines is 2. The average molecular weight is 507 g/mol. The zero-order valence-corrected chi connectivity index (χ0v) is 20.9. The van der Waals surface area contributed by atoms with Crippen molar-refractivity contribution < 1.29 is 23.9 Å². The van der Waals surface area contributed by atoms with Crippen LogP contribution in [0.2, 0.25) is 5.02 Å². The maximum absolute atomic E-state index is 13.8. The first kappa shape index (κ1) is 24.2. The lowest BCUT2D eigenvalue weighted by atomic mass is 9.90. The quantitative estimate of drug-likeness (QED) is 0.372. The van der Waals surface area contributed by atoms with Gasteiger partial charge in [0.15, 0.2) is 17.6 Å². The molecule has 0 aliphatic carbocycles. The highest BCUT2D eigenvalue weighted by Gasteiger charge is 2.60. The summed E-state index contributed by atoms with van der Waals surface area (Å²) in [6.07, 6.45) is -0.0862. The smallest absolute Gasteiger partial charge is 0.266 e. The molecule has 2 amide bonds. The molecule has 3 aromatic carbocycles. The number of amides is 2. The van der Waals surface area contributed by atoms with Gasteiger partial charge in [-0.3, -0.25) is 14.4 Å². The topological polar surface area (TPSA) is 68.3 Å². The van der Waals surface area contributed by atoms with Crippen LogP contribution in [-0.4, -0.2) is 31.1 Å². The van der Waals surface area contributed by atoms with Crippen molar-refractivity contribution in [2.24, 2.45) is 5.92 Å². The molecule has 2 heterocycles. The second-order valence-electron chi connectivity index (χ2n) is 8.63. The molecule has 0 unspecified atom stereocenters. The monoisotopic (exact) mass is 506 g/mol. The number of imide groups is 1.